The van der Waals surface area contributed by atoms with Crippen molar-refractivity contribution in [2.24, 2.45) is 0 Å². The quantitative estimate of drug-likeness (QED) is 0.684. The van der Waals surface area contributed by atoms with E-state index in [4.69, 9.17) is 11.6 Å². The number of halogens is 1. The summed E-state index contributed by atoms with van der Waals surface area (Å²) in [5, 5.41) is 4.13. The summed E-state index contributed by atoms with van der Waals surface area (Å²) in [4.78, 5) is 16.5. The minimum absolute atomic E-state index is 0.0428. The second kappa shape index (κ2) is 7.34. The van der Waals surface area contributed by atoms with Gasteiger partial charge in [-0.25, -0.2) is 4.98 Å². The first-order valence-electron chi connectivity index (χ1n) is 7.10. The molecule has 6 heteroatoms. The third-order valence-corrected chi connectivity index (χ3v) is 5.72. The van der Waals surface area contributed by atoms with Crippen molar-refractivity contribution in [3.8, 4) is 0 Å². The molecule has 0 saturated heterocycles. The van der Waals surface area contributed by atoms with Gasteiger partial charge < -0.3 is 5.32 Å². The number of carbonyl (C=O) groups is 1. The molecule has 1 amide bonds. The Bertz CT molecular complexity index is 794. The van der Waals surface area contributed by atoms with E-state index in [1.807, 2.05) is 37.3 Å². The van der Waals surface area contributed by atoms with Gasteiger partial charge in [-0.15, -0.1) is 11.8 Å². The molecule has 23 heavy (non-hydrogen) atoms. The number of thiazole rings is 1. The van der Waals surface area contributed by atoms with Crippen LogP contribution in [-0.2, 0) is 10.5 Å². The van der Waals surface area contributed by atoms with Gasteiger partial charge in [0.05, 0.1) is 21.0 Å². The van der Waals surface area contributed by atoms with E-state index < -0.39 is 0 Å². The normalized spacial score (nSPS) is 10.9. The van der Waals surface area contributed by atoms with Crippen LogP contribution in [0.25, 0.3) is 10.2 Å². The fourth-order valence-corrected chi connectivity index (χ4v) is 4.17. The maximum absolute atomic E-state index is 12.1. The molecule has 118 valence electrons. The average Bonchev–Trinajstić information content (AvgIpc) is 2.97. The van der Waals surface area contributed by atoms with Crippen LogP contribution >= 0.6 is 34.7 Å². The number of carbonyl (C=O) groups excluding carboxylic acids is 1. The topological polar surface area (TPSA) is 42.0 Å². The molecular formula is C17H15ClN2OS2. The number of nitrogens with one attached hydrogen (secondary N) is 1. The zero-order valence-corrected chi connectivity index (χ0v) is 14.9. The second-order valence-electron chi connectivity index (χ2n) is 5.09. The zero-order valence-electron chi connectivity index (χ0n) is 12.5. The van der Waals surface area contributed by atoms with Gasteiger partial charge in [-0.1, -0.05) is 59.3 Å². The molecule has 3 aromatic rings. The third kappa shape index (κ3) is 4.05. The maximum Gasteiger partial charge on any atom is 0.236 e. The lowest BCUT2D eigenvalue weighted by Gasteiger charge is -2.02. The van der Waals surface area contributed by atoms with Crippen molar-refractivity contribution in [1.29, 1.82) is 0 Å². The van der Waals surface area contributed by atoms with E-state index in [1.165, 1.54) is 16.9 Å². The predicted molar refractivity (Wildman–Crippen MR) is 101 cm³/mol. The molecular weight excluding hydrogens is 348 g/mol. The van der Waals surface area contributed by atoms with Gasteiger partial charge in [0, 0.05) is 5.75 Å². The van der Waals surface area contributed by atoms with Crippen LogP contribution in [0.15, 0.2) is 42.5 Å². The van der Waals surface area contributed by atoms with E-state index in [1.54, 1.807) is 11.8 Å². The molecule has 0 fully saturated rings. The van der Waals surface area contributed by atoms with E-state index in [2.05, 4.69) is 22.4 Å². The number of thioether (sulfide) groups is 1. The lowest BCUT2D eigenvalue weighted by Crippen LogP contribution is -2.13. The number of aryl methyl sites for hydroxylation is 1. The highest BCUT2D eigenvalue weighted by atomic mass is 35.5. The summed E-state index contributed by atoms with van der Waals surface area (Å²) in [7, 11) is 0. The molecule has 0 radical (unpaired) electrons. The highest BCUT2D eigenvalue weighted by Crippen LogP contribution is 2.33. The SMILES string of the molecule is Cc1ccc(Cl)c2sc(NC(=O)CSCc3ccccc3)nc12. The number of anilines is 1. The maximum atomic E-state index is 12.1. The molecule has 1 N–H and O–H groups in total. The monoisotopic (exact) mass is 362 g/mol. The standard InChI is InChI=1S/C17H15ClN2OS2/c1-11-7-8-13(18)16-15(11)20-17(23-16)19-14(21)10-22-9-12-5-3-2-4-6-12/h2-8H,9-10H2,1H3,(H,19,20,21). The highest BCUT2D eigenvalue weighted by Gasteiger charge is 2.11. The van der Waals surface area contributed by atoms with Crippen LogP contribution in [-0.4, -0.2) is 16.6 Å². The van der Waals surface area contributed by atoms with Crippen LogP contribution in [0.1, 0.15) is 11.1 Å². The van der Waals surface area contributed by atoms with Crippen LogP contribution < -0.4 is 5.32 Å². The van der Waals surface area contributed by atoms with Crippen LogP contribution in [0.5, 0.6) is 0 Å². The largest absolute Gasteiger partial charge is 0.301 e. The summed E-state index contributed by atoms with van der Waals surface area (Å²) in [5.74, 6) is 1.18. The number of hydrogen-bond acceptors (Lipinski definition) is 4. The Kier molecular flexibility index (Phi) is 5.20. The van der Waals surface area contributed by atoms with Crippen molar-refractivity contribution < 1.29 is 4.79 Å². The van der Waals surface area contributed by atoms with Gasteiger partial charge in [0.25, 0.3) is 0 Å². The minimum atomic E-state index is -0.0428. The number of rotatable bonds is 5. The van der Waals surface area contributed by atoms with Gasteiger partial charge in [0.15, 0.2) is 5.13 Å². The number of amides is 1. The Labute approximate surface area is 148 Å². The Hall–Kier alpha value is -1.56. The molecule has 0 saturated carbocycles. The van der Waals surface area contributed by atoms with Gasteiger partial charge in [-0.05, 0) is 24.1 Å². The molecule has 1 aromatic heterocycles. The van der Waals surface area contributed by atoms with E-state index in [9.17, 15) is 4.79 Å². The fourth-order valence-electron chi connectivity index (χ4n) is 2.15. The molecule has 0 bridgehead atoms. The fraction of sp³-hybridized carbons (Fsp3) is 0.176. The Morgan fingerprint density at radius 2 is 2.04 bits per heavy atom. The minimum Gasteiger partial charge on any atom is -0.301 e. The smallest absolute Gasteiger partial charge is 0.236 e. The van der Waals surface area contributed by atoms with Crippen molar-refractivity contribution in [3.05, 3.63) is 58.6 Å². The van der Waals surface area contributed by atoms with Gasteiger partial charge in [-0.3, -0.25) is 4.79 Å². The zero-order chi connectivity index (χ0) is 16.2. The van der Waals surface area contributed by atoms with Gasteiger partial charge in [0.1, 0.15) is 0 Å². The second-order valence-corrected chi connectivity index (χ2v) is 7.48. The van der Waals surface area contributed by atoms with Crippen LogP contribution in [0.3, 0.4) is 0 Å². The number of fused-ring (bicyclic) bond motifs is 1. The van der Waals surface area contributed by atoms with Gasteiger partial charge in [-0.2, -0.15) is 0 Å². The number of aromatic nitrogens is 1. The van der Waals surface area contributed by atoms with Crippen LogP contribution in [0.2, 0.25) is 5.02 Å². The summed E-state index contributed by atoms with van der Waals surface area (Å²) in [6, 6.07) is 13.9. The van der Waals surface area contributed by atoms with Gasteiger partial charge in [0.2, 0.25) is 5.91 Å². The van der Waals surface area contributed by atoms with Crippen molar-refractivity contribution in [2.45, 2.75) is 12.7 Å². The first-order valence-corrected chi connectivity index (χ1v) is 9.45. The van der Waals surface area contributed by atoms with Crippen LogP contribution in [0, 0.1) is 6.92 Å². The van der Waals surface area contributed by atoms with Crippen molar-refractivity contribution in [2.75, 3.05) is 11.1 Å². The molecule has 1 heterocycles. The molecule has 0 atom stereocenters. The average molecular weight is 363 g/mol. The number of nitrogens with zero attached hydrogens (tertiary/aromatic N) is 1. The number of hydrogen-bond donors (Lipinski definition) is 1. The molecule has 3 nitrogen and oxygen atoms in total. The summed E-state index contributed by atoms with van der Waals surface area (Å²) < 4.78 is 0.916. The lowest BCUT2D eigenvalue weighted by molar-refractivity contribution is -0.113. The summed E-state index contributed by atoms with van der Waals surface area (Å²) >= 11 is 9.18. The third-order valence-electron chi connectivity index (χ3n) is 3.29. The summed E-state index contributed by atoms with van der Waals surface area (Å²) in [6.07, 6.45) is 0. The molecule has 0 aliphatic heterocycles. The first kappa shape index (κ1) is 16.3. The molecule has 0 aliphatic carbocycles. The van der Waals surface area contributed by atoms with Crippen molar-refractivity contribution >= 4 is 56.0 Å². The Morgan fingerprint density at radius 3 is 2.78 bits per heavy atom. The van der Waals surface area contributed by atoms with E-state index in [0.29, 0.717) is 15.9 Å². The van der Waals surface area contributed by atoms with Gasteiger partial charge >= 0.3 is 0 Å². The molecule has 0 spiro atoms. The van der Waals surface area contributed by atoms with Crippen LogP contribution in [0.4, 0.5) is 5.13 Å². The predicted octanol–water partition coefficient (Wildman–Crippen LogP) is 5.13. The Balaban J connectivity index is 1.60. The lowest BCUT2D eigenvalue weighted by atomic mass is 10.2. The summed E-state index contributed by atoms with van der Waals surface area (Å²) in [6.45, 7) is 1.99. The molecule has 0 aliphatic rings. The highest BCUT2D eigenvalue weighted by molar-refractivity contribution is 7.99. The molecule has 0 unspecified atom stereocenters. The summed E-state index contributed by atoms with van der Waals surface area (Å²) in [5.41, 5.74) is 3.13. The molecule has 3 rings (SSSR count). The molecule has 2 aromatic carbocycles. The Morgan fingerprint density at radius 1 is 1.26 bits per heavy atom. The van der Waals surface area contributed by atoms with E-state index in [0.717, 1.165) is 21.5 Å². The number of benzene rings is 2. The first-order chi connectivity index (χ1) is 11.1. The van der Waals surface area contributed by atoms with Crippen molar-refractivity contribution in [1.82, 2.24) is 4.98 Å². The van der Waals surface area contributed by atoms with E-state index in [-0.39, 0.29) is 5.91 Å². The van der Waals surface area contributed by atoms with E-state index >= 15 is 0 Å². The van der Waals surface area contributed by atoms with Crippen molar-refractivity contribution in [3.63, 3.8) is 0 Å².